The van der Waals surface area contributed by atoms with Gasteiger partial charge in [-0.3, -0.25) is 4.79 Å². The molecule has 0 saturated carbocycles. The van der Waals surface area contributed by atoms with Crippen LogP contribution in [0.3, 0.4) is 0 Å². The van der Waals surface area contributed by atoms with E-state index in [2.05, 4.69) is 0 Å². The Bertz CT molecular complexity index is 679. The van der Waals surface area contributed by atoms with Gasteiger partial charge in [-0.05, 0) is 23.8 Å². The van der Waals surface area contributed by atoms with Crippen LogP contribution in [0.25, 0.3) is 6.08 Å². The summed E-state index contributed by atoms with van der Waals surface area (Å²) in [6, 6.07) is 5.73. The fourth-order valence-electron chi connectivity index (χ4n) is 1.88. The highest BCUT2D eigenvalue weighted by Gasteiger charge is 2.27. The van der Waals surface area contributed by atoms with E-state index in [0.717, 1.165) is 6.08 Å². The first kappa shape index (κ1) is 20.2. The van der Waals surface area contributed by atoms with Gasteiger partial charge in [0.05, 0.1) is 4.90 Å². The Hall–Kier alpha value is -1.87. The molecule has 5 nitrogen and oxygen atoms in total. The van der Waals surface area contributed by atoms with Gasteiger partial charge >= 0.3 is 6.18 Å². The van der Waals surface area contributed by atoms with E-state index >= 15 is 0 Å². The van der Waals surface area contributed by atoms with Gasteiger partial charge < -0.3 is 5.32 Å². The van der Waals surface area contributed by atoms with Crippen molar-refractivity contribution in [3.05, 3.63) is 35.9 Å². The van der Waals surface area contributed by atoms with Crippen LogP contribution >= 0.6 is 0 Å². The molecule has 1 amide bonds. The van der Waals surface area contributed by atoms with Gasteiger partial charge in [0, 0.05) is 19.2 Å². The minimum absolute atomic E-state index is 0.116. The summed E-state index contributed by atoms with van der Waals surface area (Å²) in [6.45, 7) is 2.76. The Labute approximate surface area is 139 Å². The average Bonchev–Trinajstić information content (AvgIpc) is 2.51. The molecule has 1 rings (SSSR count). The molecule has 1 aromatic rings. The number of carbonyl (C=O) groups is 1. The number of benzene rings is 1. The molecule has 0 bridgehead atoms. The van der Waals surface area contributed by atoms with E-state index in [1.54, 1.807) is 19.2 Å². The monoisotopic (exact) mass is 364 g/mol. The Morgan fingerprint density at radius 1 is 1.17 bits per heavy atom. The molecule has 0 aliphatic carbocycles. The van der Waals surface area contributed by atoms with Crippen LogP contribution in [0.5, 0.6) is 0 Å². The zero-order chi connectivity index (χ0) is 18.4. The molecule has 1 aromatic carbocycles. The van der Waals surface area contributed by atoms with E-state index < -0.39 is 28.7 Å². The van der Waals surface area contributed by atoms with Crippen LogP contribution in [-0.4, -0.2) is 44.4 Å². The van der Waals surface area contributed by atoms with Crippen molar-refractivity contribution in [3.8, 4) is 0 Å². The maximum Gasteiger partial charge on any atom is 0.405 e. The lowest BCUT2D eigenvalue weighted by atomic mass is 10.2. The van der Waals surface area contributed by atoms with Crippen LogP contribution in [0.1, 0.15) is 19.4 Å². The molecule has 1 N–H and O–H groups in total. The molecule has 0 aromatic heterocycles. The first-order valence-corrected chi connectivity index (χ1v) is 8.67. The van der Waals surface area contributed by atoms with Gasteiger partial charge in [-0.1, -0.05) is 26.0 Å². The smallest absolute Gasteiger partial charge is 0.343 e. The molecule has 0 aliphatic heterocycles. The lowest BCUT2D eigenvalue weighted by Crippen LogP contribution is -2.32. The van der Waals surface area contributed by atoms with Crippen LogP contribution in [0.15, 0.2) is 35.2 Å². The number of hydrogen-bond donors (Lipinski definition) is 1. The van der Waals surface area contributed by atoms with Gasteiger partial charge in [0.25, 0.3) is 0 Å². The predicted octanol–water partition coefficient (Wildman–Crippen LogP) is 2.41. The zero-order valence-electron chi connectivity index (χ0n) is 13.3. The fraction of sp³-hybridized carbons (Fsp3) is 0.400. The van der Waals surface area contributed by atoms with Gasteiger partial charge in [-0.25, -0.2) is 8.42 Å². The Kier molecular flexibility index (Phi) is 6.97. The van der Waals surface area contributed by atoms with Crippen LogP contribution in [-0.2, 0) is 14.8 Å². The van der Waals surface area contributed by atoms with Crippen LogP contribution in [0.4, 0.5) is 13.2 Å². The summed E-state index contributed by atoms with van der Waals surface area (Å²) in [5.74, 6) is -0.882. The number of rotatable bonds is 7. The number of sulfonamides is 1. The van der Waals surface area contributed by atoms with Gasteiger partial charge in [-0.15, -0.1) is 0 Å². The third-order valence-corrected chi connectivity index (χ3v) is 5.18. The van der Waals surface area contributed by atoms with Crippen molar-refractivity contribution in [1.29, 1.82) is 0 Å². The van der Waals surface area contributed by atoms with Crippen molar-refractivity contribution in [3.63, 3.8) is 0 Å². The first-order chi connectivity index (χ1) is 11.1. The van der Waals surface area contributed by atoms with E-state index in [-0.39, 0.29) is 4.90 Å². The Balaban J connectivity index is 2.78. The number of nitrogens with zero attached hydrogens (tertiary/aromatic N) is 1. The number of amides is 1. The van der Waals surface area contributed by atoms with E-state index in [4.69, 9.17) is 0 Å². The largest absolute Gasteiger partial charge is 0.405 e. The summed E-state index contributed by atoms with van der Waals surface area (Å²) in [7, 11) is -3.57. The molecule has 0 aliphatic rings. The standard InChI is InChI=1S/C15H19F3N2O3S/c1-3-20(4-2)24(22,23)13-8-5-12(6-9-13)7-10-14(21)19-11-15(16,17)18/h5-10H,3-4,11H2,1-2H3,(H,19,21)/b10-7+. The van der Waals surface area contributed by atoms with Crippen molar-refractivity contribution in [2.75, 3.05) is 19.6 Å². The van der Waals surface area contributed by atoms with Gasteiger partial charge in [0.15, 0.2) is 0 Å². The van der Waals surface area contributed by atoms with Crippen molar-refractivity contribution in [2.24, 2.45) is 0 Å². The van der Waals surface area contributed by atoms with E-state index in [1.807, 2.05) is 0 Å². The lowest BCUT2D eigenvalue weighted by Gasteiger charge is -2.18. The quantitative estimate of drug-likeness (QED) is 0.756. The number of alkyl halides is 3. The first-order valence-electron chi connectivity index (χ1n) is 7.23. The normalized spacial score (nSPS) is 12.8. The SMILES string of the molecule is CCN(CC)S(=O)(=O)c1ccc(/C=C/C(=O)NCC(F)(F)F)cc1. The third-order valence-electron chi connectivity index (χ3n) is 3.11. The molecule has 0 unspecified atom stereocenters. The van der Waals surface area contributed by atoms with E-state index in [0.29, 0.717) is 18.7 Å². The van der Waals surface area contributed by atoms with Crippen molar-refractivity contribution < 1.29 is 26.4 Å². The van der Waals surface area contributed by atoms with Crippen molar-refractivity contribution >= 4 is 22.0 Å². The predicted molar refractivity (Wildman–Crippen MR) is 84.6 cm³/mol. The minimum Gasteiger partial charge on any atom is -0.343 e. The second-order valence-corrected chi connectivity index (χ2v) is 6.76. The maximum atomic E-state index is 12.3. The van der Waals surface area contributed by atoms with Gasteiger partial charge in [0.2, 0.25) is 15.9 Å². The van der Waals surface area contributed by atoms with Gasteiger partial charge in [0.1, 0.15) is 6.54 Å². The number of hydrogen-bond acceptors (Lipinski definition) is 3. The Morgan fingerprint density at radius 3 is 2.17 bits per heavy atom. The van der Waals surface area contributed by atoms with Crippen LogP contribution < -0.4 is 5.32 Å². The fourth-order valence-corrected chi connectivity index (χ4v) is 3.34. The summed E-state index contributed by atoms with van der Waals surface area (Å²) in [6.07, 6.45) is -2.21. The average molecular weight is 364 g/mol. The summed E-state index contributed by atoms with van der Waals surface area (Å²) in [4.78, 5) is 11.4. The molecule has 0 radical (unpaired) electrons. The molecule has 24 heavy (non-hydrogen) atoms. The van der Waals surface area contributed by atoms with E-state index in [9.17, 15) is 26.4 Å². The highest BCUT2D eigenvalue weighted by molar-refractivity contribution is 7.89. The number of nitrogens with one attached hydrogen (secondary N) is 1. The molecule has 9 heteroatoms. The molecule has 0 heterocycles. The summed E-state index contributed by atoms with van der Waals surface area (Å²) in [5, 5.41) is 1.71. The third kappa shape index (κ3) is 5.97. The summed E-state index contributed by atoms with van der Waals surface area (Å²) < 4.78 is 61.8. The molecular formula is C15H19F3N2O3S. The molecule has 0 spiro atoms. The Morgan fingerprint density at radius 2 is 1.71 bits per heavy atom. The lowest BCUT2D eigenvalue weighted by molar-refractivity contribution is -0.135. The minimum atomic E-state index is -4.47. The molecule has 0 saturated heterocycles. The summed E-state index contributed by atoms with van der Waals surface area (Å²) >= 11 is 0. The maximum absolute atomic E-state index is 12.3. The van der Waals surface area contributed by atoms with Crippen LogP contribution in [0, 0.1) is 0 Å². The van der Waals surface area contributed by atoms with Crippen LogP contribution in [0.2, 0.25) is 0 Å². The second kappa shape index (κ2) is 8.29. The highest BCUT2D eigenvalue weighted by atomic mass is 32.2. The topological polar surface area (TPSA) is 66.5 Å². The number of halogens is 3. The zero-order valence-corrected chi connectivity index (χ0v) is 14.1. The summed E-state index contributed by atoms with van der Waals surface area (Å²) in [5.41, 5.74) is 0.496. The number of carbonyl (C=O) groups excluding carboxylic acids is 1. The van der Waals surface area contributed by atoms with Gasteiger partial charge in [-0.2, -0.15) is 17.5 Å². The van der Waals surface area contributed by atoms with Crippen molar-refractivity contribution in [2.45, 2.75) is 24.9 Å². The molecule has 134 valence electrons. The van der Waals surface area contributed by atoms with E-state index in [1.165, 1.54) is 34.6 Å². The molecule has 0 atom stereocenters. The molecule has 0 fully saturated rings. The van der Waals surface area contributed by atoms with Crippen molar-refractivity contribution in [1.82, 2.24) is 9.62 Å². The highest BCUT2D eigenvalue weighted by Crippen LogP contribution is 2.17. The second-order valence-electron chi connectivity index (χ2n) is 4.82. The molecular weight excluding hydrogens is 345 g/mol.